The van der Waals surface area contributed by atoms with Crippen LogP contribution < -0.4 is 15.6 Å². The minimum atomic E-state index is -0.185. The minimum Gasteiger partial charge on any atom is -0.495 e. The van der Waals surface area contributed by atoms with Crippen molar-refractivity contribution in [2.45, 2.75) is 0 Å². The van der Waals surface area contributed by atoms with Crippen LogP contribution in [0.4, 0.5) is 11.6 Å². The second-order valence-electron chi connectivity index (χ2n) is 6.07. The highest BCUT2D eigenvalue weighted by Gasteiger charge is 2.13. The van der Waals surface area contributed by atoms with Crippen molar-refractivity contribution in [3.63, 3.8) is 0 Å². The van der Waals surface area contributed by atoms with Crippen LogP contribution in [0.15, 0.2) is 78.2 Å². The Morgan fingerprint density at radius 3 is 2.61 bits per heavy atom. The van der Waals surface area contributed by atoms with Gasteiger partial charge in [0.1, 0.15) is 5.75 Å². The second-order valence-corrected chi connectivity index (χ2v) is 6.07. The number of para-hydroxylation sites is 3. The third-order valence-electron chi connectivity index (χ3n) is 4.38. The third kappa shape index (κ3) is 3.12. The first-order valence-electron chi connectivity index (χ1n) is 8.72. The van der Waals surface area contributed by atoms with E-state index in [1.165, 1.54) is 0 Å². The number of methoxy groups -OCH3 is 1. The molecule has 28 heavy (non-hydrogen) atoms. The molecular formula is C22H18N4O2. The molecule has 0 saturated heterocycles. The van der Waals surface area contributed by atoms with Crippen molar-refractivity contribution in [3.05, 3.63) is 89.4 Å². The molecule has 0 bridgehead atoms. The van der Waals surface area contributed by atoms with Crippen molar-refractivity contribution in [2.75, 3.05) is 12.4 Å². The molecule has 2 aromatic carbocycles. The molecule has 138 valence electrons. The van der Waals surface area contributed by atoms with E-state index in [9.17, 15) is 4.79 Å². The Morgan fingerprint density at radius 1 is 1.11 bits per heavy atom. The fraction of sp³-hybridized carbons (Fsp3) is 0.0455. The van der Waals surface area contributed by atoms with Crippen LogP contribution in [-0.2, 0) is 0 Å². The molecule has 6 heteroatoms. The summed E-state index contributed by atoms with van der Waals surface area (Å²) in [4.78, 5) is 21.8. The standard InChI is InChI=1S/C22H18N4O2/c1-3-15-13-20(27)26(16-9-5-4-6-10-16)21-17(15)14-23-22(25-21)24-18-11-7-8-12-19(18)28-2/h3-14H,1H2,2H3,(H,23,24,25). The molecule has 6 nitrogen and oxygen atoms in total. The maximum atomic E-state index is 12.8. The number of hydrogen-bond acceptors (Lipinski definition) is 5. The smallest absolute Gasteiger partial charge is 0.257 e. The van der Waals surface area contributed by atoms with Crippen molar-refractivity contribution in [2.24, 2.45) is 0 Å². The Kier molecular flexibility index (Phi) is 4.60. The van der Waals surface area contributed by atoms with Gasteiger partial charge in [-0.15, -0.1) is 0 Å². The van der Waals surface area contributed by atoms with Crippen LogP contribution in [0, 0.1) is 0 Å². The van der Waals surface area contributed by atoms with Crippen molar-refractivity contribution < 1.29 is 4.74 Å². The number of fused-ring (bicyclic) bond motifs is 1. The largest absolute Gasteiger partial charge is 0.495 e. The maximum absolute atomic E-state index is 12.8. The molecule has 0 aliphatic heterocycles. The summed E-state index contributed by atoms with van der Waals surface area (Å²) in [5.74, 6) is 1.04. The van der Waals surface area contributed by atoms with Gasteiger partial charge in [0, 0.05) is 17.6 Å². The molecule has 0 aliphatic rings. The molecule has 0 atom stereocenters. The summed E-state index contributed by atoms with van der Waals surface area (Å²) < 4.78 is 6.93. The maximum Gasteiger partial charge on any atom is 0.257 e. The topological polar surface area (TPSA) is 69.0 Å². The molecule has 0 spiro atoms. The van der Waals surface area contributed by atoms with Crippen molar-refractivity contribution in [3.8, 4) is 11.4 Å². The first-order valence-corrected chi connectivity index (χ1v) is 8.72. The van der Waals surface area contributed by atoms with Crippen LogP contribution in [0.1, 0.15) is 5.56 Å². The van der Waals surface area contributed by atoms with Crippen molar-refractivity contribution in [1.82, 2.24) is 14.5 Å². The second kappa shape index (κ2) is 7.36. The highest BCUT2D eigenvalue weighted by Crippen LogP contribution is 2.27. The van der Waals surface area contributed by atoms with Gasteiger partial charge in [-0.3, -0.25) is 9.36 Å². The highest BCUT2D eigenvalue weighted by molar-refractivity contribution is 5.86. The van der Waals surface area contributed by atoms with Gasteiger partial charge in [0.2, 0.25) is 5.95 Å². The highest BCUT2D eigenvalue weighted by atomic mass is 16.5. The van der Waals surface area contributed by atoms with Gasteiger partial charge >= 0.3 is 0 Å². The van der Waals surface area contributed by atoms with E-state index in [0.29, 0.717) is 22.9 Å². The molecule has 1 N–H and O–H groups in total. The fourth-order valence-electron chi connectivity index (χ4n) is 3.05. The zero-order chi connectivity index (χ0) is 19.5. The number of hydrogen-bond donors (Lipinski definition) is 1. The molecule has 4 aromatic rings. The monoisotopic (exact) mass is 370 g/mol. The molecular weight excluding hydrogens is 352 g/mol. The van der Waals surface area contributed by atoms with Gasteiger partial charge in [-0.05, 0) is 29.8 Å². The van der Waals surface area contributed by atoms with Gasteiger partial charge in [-0.2, -0.15) is 4.98 Å². The third-order valence-corrected chi connectivity index (χ3v) is 4.38. The molecule has 2 heterocycles. The molecule has 0 radical (unpaired) electrons. The predicted octanol–water partition coefficient (Wildman–Crippen LogP) is 4.18. The van der Waals surface area contributed by atoms with E-state index in [-0.39, 0.29) is 5.56 Å². The van der Waals surface area contributed by atoms with Gasteiger partial charge < -0.3 is 10.1 Å². The minimum absolute atomic E-state index is 0.185. The van der Waals surface area contributed by atoms with Crippen LogP contribution in [0.25, 0.3) is 22.8 Å². The van der Waals surface area contributed by atoms with Crippen LogP contribution >= 0.6 is 0 Å². The summed E-state index contributed by atoms with van der Waals surface area (Å²) in [5.41, 5.74) is 2.47. The average Bonchev–Trinajstić information content (AvgIpc) is 2.74. The number of nitrogens with one attached hydrogen (secondary N) is 1. The lowest BCUT2D eigenvalue weighted by Crippen LogP contribution is -2.19. The lowest BCUT2D eigenvalue weighted by atomic mass is 10.1. The average molecular weight is 370 g/mol. The first kappa shape index (κ1) is 17.5. The summed E-state index contributed by atoms with van der Waals surface area (Å²) in [6.45, 7) is 3.80. The SMILES string of the molecule is C=Cc1cc(=O)n(-c2ccccc2)c2nc(Nc3ccccc3OC)ncc12. The molecule has 0 unspecified atom stereocenters. The number of nitrogens with zero attached hydrogens (tertiary/aromatic N) is 3. The van der Waals surface area contributed by atoms with E-state index >= 15 is 0 Å². The predicted molar refractivity (Wildman–Crippen MR) is 112 cm³/mol. The summed E-state index contributed by atoms with van der Waals surface area (Å²) >= 11 is 0. The Labute approximate surface area is 161 Å². The summed E-state index contributed by atoms with van der Waals surface area (Å²) in [5, 5.41) is 3.90. The van der Waals surface area contributed by atoms with E-state index < -0.39 is 0 Å². The van der Waals surface area contributed by atoms with Gasteiger partial charge in [0.25, 0.3) is 5.56 Å². The van der Waals surface area contributed by atoms with E-state index in [0.717, 1.165) is 16.8 Å². The number of aromatic nitrogens is 3. The number of ether oxygens (including phenoxy) is 1. The van der Waals surface area contributed by atoms with Gasteiger partial charge in [0.05, 0.1) is 18.5 Å². The van der Waals surface area contributed by atoms with Gasteiger partial charge in [-0.1, -0.05) is 43.0 Å². The summed E-state index contributed by atoms with van der Waals surface area (Å²) in [7, 11) is 1.60. The Hall–Kier alpha value is -3.93. The molecule has 0 amide bonds. The van der Waals surface area contributed by atoms with Crippen molar-refractivity contribution in [1.29, 1.82) is 0 Å². The number of anilines is 2. The quantitative estimate of drug-likeness (QED) is 0.571. The van der Waals surface area contributed by atoms with Gasteiger partial charge in [0.15, 0.2) is 5.65 Å². The molecule has 0 fully saturated rings. The fourth-order valence-corrected chi connectivity index (χ4v) is 3.05. The number of rotatable bonds is 5. The number of pyridine rings is 1. The Balaban J connectivity index is 1.92. The lowest BCUT2D eigenvalue weighted by Gasteiger charge is -2.13. The molecule has 4 rings (SSSR count). The van der Waals surface area contributed by atoms with Crippen LogP contribution in [-0.4, -0.2) is 21.6 Å². The molecule has 2 aromatic heterocycles. The lowest BCUT2D eigenvalue weighted by molar-refractivity contribution is 0.417. The zero-order valence-electron chi connectivity index (χ0n) is 15.3. The van der Waals surface area contributed by atoms with E-state index in [1.54, 1.807) is 30.0 Å². The molecule has 0 saturated carbocycles. The van der Waals surface area contributed by atoms with Crippen LogP contribution in [0.3, 0.4) is 0 Å². The normalized spacial score (nSPS) is 10.6. The summed E-state index contributed by atoms with van der Waals surface area (Å²) in [6, 6.07) is 18.4. The first-order chi connectivity index (χ1) is 13.7. The van der Waals surface area contributed by atoms with Gasteiger partial charge in [-0.25, -0.2) is 4.98 Å². The zero-order valence-corrected chi connectivity index (χ0v) is 15.3. The summed E-state index contributed by atoms with van der Waals surface area (Å²) in [6.07, 6.45) is 3.33. The van der Waals surface area contributed by atoms with E-state index in [2.05, 4.69) is 21.9 Å². The Bertz CT molecular complexity index is 1220. The van der Waals surface area contributed by atoms with E-state index in [4.69, 9.17) is 4.74 Å². The van der Waals surface area contributed by atoms with E-state index in [1.807, 2.05) is 54.6 Å². The van der Waals surface area contributed by atoms with Crippen molar-refractivity contribution >= 4 is 28.7 Å². The number of benzene rings is 2. The molecule has 0 aliphatic carbocycles. The van der Waals surface area contributed by atoms with Crippen LogP contribution in [0.2, 0.25) is 0 Å². The van der Waals surface area contributed by atoms with Crippen LogP contribution in [0.5, 0.6) is 5.75 Å². The Morgan fingerprint density at radius 2 is 1.86 bits per heavy atom.